The van der Waals surface area contributed by atoms with Crippen LogP contribution in [0.25, 0.3) is 11.1 Å². The zero-order chi connectivity index (χ0) is 19.0. The summed E-state index contributed by atoms with van der Waals surface area (Å²) in [6.45, 7) is 1.99. The van der Waals surface area contributed by atoms with Crippen LogP contribution in [0.15, 0.2) is 36.4 Å². The van der Waals surface area contributed by atoms with Crippen LogP contribution < -0.4 is 9.47 Å². The van der Waals surface area contributed by atoms with Gasteiger partial charge in [0.2, 0.25) is 0 Å². The molecular formula is C22H25NO4. The van der Waals surface area contributed by atoms with Crippen LogP contribution >= 0.6 is 0 Å². The maximum atomic E-state index is 9.97. The number of methoxy groups -OCH3 is 2. The molecule has 4 rings (SSSR count). The highest BCUT2D eigenvalue weighted by Gasteiger charge is 2.32. The van der Waals surface area contributed by atoms with Crippen LogP contribution in [0.2, 0.25) is 0 Å². The number of fused-ring (bicyclic) bond motifs is 1. The normalized spacial score (nSPS) is 19.9. The van der Waals surface area contributed by atoms with Gasteiger partial charge in [-0.1, -0.05) is 12.1 Å². The van der Waals surface area contributed by atoms with Crippen molar-refractivity contribution >= 4 is 11.1 Å². The minimum atomic E-state index is 0.143. The predicted octanol–water partition coefficient (Wildman–Crippen LogP) is 3.89. The molecule has 0 radical (unpaired) electrons. The second kappa shape index (κ2) is 7.16. The van der Waals surface area contributed by atoms with E-state index in [1.807, 2.05) is 24.3 Å². The Bertz CT molecular complexity index is 818. The largest absolute Gasteiger partial charge is 0.504 e. The van der Waals surface area contributed by atoms with E-state index in [2.05, 4.69) is 4.90 Å². The van der Waals surface area contributed by atoms with Crippen molar-refractivity contribution in [3.8, 4) is 23.0 Å². The molecule has 0 spiro atoms. The van der Waals surface area contributed by atoms with Crippen LogP contribution in [0.4, 0.5) is 0 Å². The van der Waals surface area contributed by atoms with E-state index in [0.29, 0.717) is 17.5 Å². The predicted molar refractivity (Wildman–Crippen MR) is 105 cm³/mol. The number of ether oxygens (including phenoxy) is 2. The van der Waals surface area contributed by atoms with E-state index in [0.717, 1.165) is 30.6 Å². The van der Waals surface area contributed by atoms with Gasteiger partial charge in [0.05, 0.1) is 14.2 Å². The van der Waals surface area contributed by atoms with Gasteiger partial charge in [-0.25, -0.2) is 0 Å². The zero-order valence-electron chi connectivity index (χ0n) is 15.7. The van der Waals surface area contributed by atoms with Gasteiger partial charge in [-0.15, -0.1) is 0 Å². The minimum absolute atomic E-state index is 0.143. The summed E-state index contributed by atoms with van der Waals surface area (Å²) in [6.07, 6.45) is 3.40. The van der Waals surface area contributed by atoms with Gasteiger partial charge in [-0.2, -0.15) is 0 Å². The number of hydrogen-bond donors (Lipinski definition) is 2. The summed E-state index contributed by atoms with van der Waals surface area (Å²) in [5.41, 5.74) is 4.62. The monoisotopic (exact) mass is 367 g/mol. The molecule has 5 heteroatoms. The molecule has 5 nitrogen and oxygen atoms in total. The lowest BCUT2D eigenvalue weighted by molar-refractivity contribution is 0.280. The van der Waals surface area contributed by atoms with Gasteiger partial charge in [0, 0.05) is 12.6 Å². The summed E-state index contributed by atoms with van der Waals surface area (Å²) in [5.74, 6) is 1.25. The molecule has 2 aliphatic rings. The molecule has 142 valence electrons. The first kappa shape index (κ1) is 17.7. The van der Waals surface area contributed by atoms with Crippen LogP contribution in [0, 0.1) is 0 Å². The molecule has 2 aromatic carbocycles. The number of benzene rings is 2. The van der Waals surface area contributed by atoms with Gasteiger partial charge in [-0.3, -0.25) is 4.90 Å². The quantitative estimate of drug-likeness (QED) is 0.858. The third-order valence-corrected chi connectivity index (χ3v) is 5.72. The Balaban J connectivity index is 1.85. The second-order valence-corrected chi connectivity index (χ2v) is 7.20. The lowest BCUT2D eigenvalue weighted by Crippen LogP contribution is -2.35. The SMILES string of the molecule is COc1cc(C2=C(c3ccc(O)c(OC)c3)CN3CCC[C@@H]3C2)ccc1O. The zero-order valence-corrected chi connectivity index (χ0v) is 15.7. The molecule has 2 aliphatic heterocycles. The fourth-order valence-corrected chi connectivity index (χ4v) is 4.28. The third-order valence-electron chi connectivity index (χ3n) is 5.72. The highest BCUT2D eigenvalue weighted by Crippen LogP contribution is 2.42. The van der Waals surface area contributed by atoms with E-state index < -0.39 is 0 Å². The Hall–Kier alpha value is -2.66. The number of nitrogens with zero attached hydrogens (tertiary/aromatic N) is 1. The molecule has 27 heavy (non-hydrogen) atoms. The Kier molecular flexibility index (Phi) is 4.70. The standard InChI is InChI=1S/C22H25NO4/c1-26-21-10-14(5-7-19(21)24)17-12-16-4-3-9-23(16)13-18(17)15-6-8-20(25)22(11-15)27-2/h5-8,10-11,16,24-25H,3-4,9,12-13H2,1-2H3/t16-/m1/s1. The van der Waals surface area contributed by atoms with Crippen molar-refractivity contribution < 1.29 is 19.7 Å². The van der Waals surface area contributed by atoms with Gasteiger partial charge in [0.25, 0.3) is 0 Å². The molecule has 0 aromatic heterocycles. The first-order valence-corrected chi connectivity index (χ1v) is 9.31. The lowest BCUT2D eigenvalue weighted by Gasteiger charge is -2.34. The molecule has 0 saturated carbocycles. The van der Waals surface area contributed by atoms with Crippen LogP contribution in [-0.2, 0) is 0 Å². The van der Waals surface area contributed by atoms with Crippen LogP contribution in [0.1, 0.15) is 30.4 Å². The highest BCUT2D eigenvalue weighted by molar-refractivity contribution is 5.93. The average molecular weight is 367 g/mol. The summed E-state index contributed by atoms with van der Waals surface area (Å²) in [4.78, 5) is 2.54. The van der Waals surface area contributed by atoms with E-state index in [4.69, 9.17) is 9.47 Å². The highest BCUT2D eigenvalue weighted by atomic mass is 16.5. The van der Waals surface area contributed by atoms with Crippen LogP contribution in [0.3, 0.4) is 0 Å². The maximum Gasteiger partial charge on any atom is 0.161 e. The molecule has 1 atom stereocenters. The molecule has 0 aliphatic carbocycles. The van der Waals surface area contributed by atoms with Gasteiger partial charge >= 0.3 is 0 Å². The van der Waals surface area contributed by atoms with Gasteiger partial charge in [0.15, 0.2) is 23.0 Å². The van der Waals surface area contributed by atoms with Crippen molar-refractivity contribution in [3.63, 3.8) is 0 Å². The van der Waals surface area contributed by atoms with Crippen LogP contribution in [-0.4, -0.2) is 48.5 Å². The summed E-state index contributed by atoms with van der Waals surface area (Å²) in [5, 5.41) is 19.9. The number of phenolic OH excluding ortho intramolecular Hbond substituents is 2. The molecule has 0 amide bonds. The third kappa shape index (κ3) is 3.23. The Morgan fingerprint density at radius 1 is 0.889 bits per heavy atom. The van der Waals surface area contributed by atoms with Gasteiger partial charge < -0.3 is 19.7 Å². The fourth-order valence-electron chi connectivity index (χ4n) is 4.28. The van der Waals surface area contributed by atoms with E-state index >= 15 is 0 Å². The Labute approximate surface area is 159 Å². The summed E-state index contributed by atoms with van der Waals surface area (Å²) in [6, 6.07) is 11.6. The smallest absolute Gasteiger partial charge is 0.161 e. The van der Waals surface area contributed by atoms with E-state index in [-0.39, 0.29) is 11.5 Å². The summed E-state index contributed by atoms with van der Waals surface area (Å²) < 4.78 is 10.6. The summed E-state index contributed by atoms with van der Waals surface area (Å²) in [7, 11) is 3.13. The lowest BCUT2D eigenvalue weighted by atomic mass is 9.86. The molecular weight excluding hydrogens is 342 g/mol. The number of aromatic hydroxyl groups is 2. The van der Waals surface area contributed by atoms with E-state index in [1.165, 1.54) is 24.0 Å². The van der Waals surface area contributed by atoms with Crippen molar-refractivity contribution in [2.75, 3.05) is 27.3 Å². The number of rotatable bonds is 4. The average Bonchev–Trinajstić information content (AvgIpc) is 3.15. The van der Waals surface area contributed by atoms with Crippen molar-refractivity contribution in [1.82, 2.24) is 4.90 Å². The first-order valence-electron chi connectivity index (χ1n) is 9.31. The van der Waals surface area contributed by atoms with Gasteiger partial charge in [-0.05, 0) is 72.3 Å². The molecule has 1 fully saturated rings. The van der Waals surface area contributed by atoms with E-state index in [9.17, 15) is 10.2 Å². The van der Waals surface area contributed by atoms with Gasteiger partial charge in [0.1, 0.15) is 0 Å². The molecule has 0 unspecified atom stereocenters. The Morgan fingerprint density at radius 3 is 2.07 bits per heavy atom. The number of hydrogen-bond acceptors (Lipinski definition) is 5. The van der Waals surface area contributed by atoms with Crippen molar-refractivity contribution in [3.05, 3.63) is 47.5 Å². The van der Waals surface area contributed by atoms with E-state index in [1.54, 1.807) is 26.4 Å². The maximum absolute atomic E-state index is 9.97. The van der Waals surface area contributed by atoms with Crippen molar-refractivity contribution in [2.45, 2.75) is 25.3 Å². The summed E-state index contributed by atoms with van der Waals surface area (Å²) >= 11 is 0. The topological polar surface area (TPSA) is 62.2 Å². The van der Waals surface area contributed by atoms with Crippen molar-refractivity contribution in [1.29, 1.82) is 0 Å². The minimum Gasteiger partial charge on any atom is -0.504 e. The molecule has 2 heterocycles. The second-order valence-electron chi connectivity index (χ2n) is 7.20. The van der Waals surface area contributed by atoms with Crippen LogP contribution in [0.5, 0.6) is 23.0 Å². The Morgan fingerprint density at radius 2 is 1.48 bits per heavy atom. The molecule has 1 saturated heterocycles. The van der Waals surface area contributed by atoms with Crippen molar-refractivity contribution in [2.24, 2.45) is 0 Å². The number of phenols is 2. The molecule has 0 bridgehead atoms. The molecule has 2 aromatic rings. The molecule has 2 N–H and O–H groups in total. The first-order chi connectivity index (χ1) is 13.1. The fraction of sp³-hybridized carbons (Fsp3) is 0.364.